The molecule has 19 heavy (non-hydrogen) atoms. The molecule has 0 bridgehead atoms. The average Bonchev–Trinajstić information content (AvgIpc) is 2.47. The molecule has 2 heterocycles. The highest BCUT2D eigenvalue weighted by molar-refractivity contribution is 9.10. The van der Waals surface area contributed by atoms with Gasteiger partial charge in [-0.05, 0) is 12.1 Å². The first-order valence-electron chi connectivity index (χ1n) is 6.22. The molecule has 6 heteroatoms. The number of halogens is 1. The third kappa shape index (κ3) is 2.72. The summed E-state index contributed by atoms with van der Waals surface area (Å²) >= 11 is 3.45. The number of hydrogen-bond donors (Lipinski definition) is 1. The van der Waals surface area contributed by atoms with Gasteiger partial charge >= 0.3 is 0 Å². The molecule has 0 saturated carbocycles. The van der Waals surface area contributed by atoms with E-state index in [0.717, 1.165) is 10.0 Å². The molecule has 2 aliphatic rings. The summed E-state index contributed by atoms with van der Waals surface area (Å²) in [7, 11) is 0. The summed E-state index contributed by atoms with van der Waals surface area (Å²) in [5.41, 5.74) is 0.722. The predicted octanol–water partition coefficient (Wildman–Crippen LogP) is 1.67. The quantitative estimate of drug-likeness (QED) is 0.893. The van der Waals surface area contributed by atoms with Gasteiger partial charge in [-0.15, -0.1) is 0 Å². The van der Waals surface area contributed by atoms with Crippen molar-refractivity contribution in [2.45, 2.75) is 12.2 Å². The summed E-state index contributed by atoms with van der Waals surface area (Å²) in [6.45, 7) is 2.53. The number of fused-ring (bicyclic) bond motifs is 1. The maximum atomic E-state index is 10.4. The lowest BCUT2D eigenvalue weighted by Gasteiger charge is -2.29. The van der Waals surface area contributed by atoms with E-state index in [1.807, 2.05) is 6.07 Å². The van der Waals surface area contributed by atoms with E-state index >= 15 is 0 Å². The lowest BCUT2D eigenvalue weighted by molar-refractivity contribution is -0.133. The van der Waals surface area contributed by atoms with E-state index in [1.165, 1.54) is 0 Å². The van der Waals surface area contributed by atoms with Crippen LogP contribution in [0.1, 0.15) is 11.7 Å². The first kappa shape index (κ1) is 13.2. The van der Waals surface area contributed by atoms with E-state index in [4.69, 9.17) is 18.9 Å². The van der Waals surface area contributed by atoms with Crippen molar-refractivity contribution in [2.75, 3.05) is 33.0 Å². The molecule has 0 aliphatic carbocycles. The fraction of sp³-hybridized carbons (Fsp3) is 0.538. The van der Waals surface area contributed by atoms with Gasteiger partial charge in [-0.3, -0.25) is 0 Å². The first-order chi connectivity index (χ1) is 9.25. The van der Waals surface area contributed by atoms with Crippen LogP contribution in [-0.2, 0) is 9.47 Å². The highest BCUT2D eigenvalue weighted by Gasteiger charge is 2.28. The number of hydrogen-bond acceptors (Lipinski definition) is 5. The summed E-state index contributed by atoms with van der Waals surface area (Å²) in [6.07, 6.45) is -1.11. The molecular weight excluding hydrogens is 316 g/mol. The second-order valence-corrected chi connectivity index (χ2v) is 5.30. The molecule has 1 aromatic carbocycles. The van der Waals surface area contributed by atoms with Crippen molar-refractivity contribution in [1.29, 1.82) is 0 Å². The number of ether oxygens (including phenoxy) is 4. The van der Waals surface area contributed by atoms with Crippen molar-refractivity contribution < 1.29 is 24.1 Å². The Morgan fingerprint density at radius 3 is 2.53 bits per heavy atom. The van der Waals surface area contributed by atoms with E-state index in [9.17, 15) is 5.11 Å². The maximum absolute atomic E-state index is 10.4. The van der Waals surface area contributed by atoms with E-state index < -0.39 is 6.10 Å². The Morgan fingerprint density at radius 1 is 1.11 bits per heavy atom. The number of benzene rings is 1. The molecule has 1 aromatic rings. The SMILES string of the molecule is OC(c1cc2c(cc1Br)OCCO2)C1COCCO1. The third-order valence-corrected chi connectivity index (χ3v) is 3.86. The second-order valence-electron chi connectivity index (χ2n) is 4.45. The van der Waals surface area contributed by atoms with Crippen LogP contribution >= 0.6 is 15.9 Å². The molecule has 2 atom stereocenters. The zero-order valence-corrected chi connectivity index (χ0v) is 11.9. The molecule has 0 radical (unpaired) electrons. The molecule has 3 rings (SSSR count). The number of aliphatic hydroxyl groups excluding tert-OH is 1. The lowest BCUT2D eigenvalue weighted by atomic mass is 10.0. The van der Waals surface area contributed by atoms with Gasteiger partial charge in [0.15, 0.2) is 11.5 Å². The summed E-state index contributed by atoms with van der Waals surface area (Å²) in [4.78, 5) is 0. The predicted molar refractivity (Wildman–Crippen MR) is 70.7 cm³/mol. The van der Waals surface area contributed by atoms with Gasteiger partial charge in [-0.1, -0.05) is 15.9 Å². The fourth-order valence-corrected chi connectivity index (χ4v) is 2.75. The molecule has 5 nitrogen and oxygen atoms in total. The van der Waals surface area contributed by atoms with Crippen LogP contribution < -0.4 is 9.47 Å². The summed E-state index contributed by atoms with van der Waals surface area (Å²) in [5, 5.41) is 10.4. The molecule has 1 N–H and O–H groups in total. The molecule has 0 amide bonds. The molecule has 104 valence electrons. The van der Waals surface area contributed by atoms with Gasteiger partial charge in [0.1, 0.15) is 25.4 Å². The second kappa shape index (κ2) is 5.66. The Morgan fingerprint density at radius 2 is 1.84 bits per heavy atom. The smallest absolute Gasteiger partial charge is 0.162 e. The largest absolute Gasteiger partial charge is 0.486 e. The van der Waals surface area contributed by atoms with Gasteiger partial charge in [-0.25, -0.2) is 0 Å². The summed E-state index contributed by atoms with van der Waals surface area (Å²) in [5.74, 6) is 1.34. The van der Waals surface area contributed by atoms with E-state index in [2.05, 4.69) is 15.9 Å². The molecule has 0 spiro atoms. The minimum Gasteiger partial charge on any atom is -0.486 e. The molecule has 2 aliphatic heterocycles. The van der Waals surface area contributed by atoms with E-state index in [0.29, 0.717) is 44.5 Å². The van der Waals surface area contributed by atoms with Crippen molar-refractivity contribution in [3.05, 3.63) is 22.2 Å². The van der Waals surface area contributed by atoms with Crippen LogP contribution in [-0.4, -0.2) is 44.2 Å². The lowest BCUT2D eigenvalue weighted by Crippen LogP contribution is -2.34. The monoisotopic (exact) mass is 330 g/mol. The highest BCUT2D eigenvalue weighted by Crippen LogP contribution is 2.39. The number of rotatable bonds is 2. The van der Waals surface area contributed by atoms with Crippen LogP contribution in [0.15, 0.2) is 16.6 Å². The van der Waals surface area contributed by atoms with Crippen LogP contribution in [0.3, 0.4) is 0 Å². The van der Waals surface area contributed by atoms with Crippen LogP contribution in [0.2, 0.25) is 0 Å². The summed E-state index contributed by atoms with van der Waals surface area (Å²) < 4.78 is 22.6. The Kier molecular flexibility index (Phi) is 3.93. The van der Waals surface area contributed by atoms with Crippen molar-refractivity contribution in [1.82, 2.24) is 0 Å². The molecule has 0 aromatic heterocycles. The molecule has 1 saturated heterocycles. The Hall–Kier alpha value is -0.820. The van der Waals surface area contributed by atoms with Crippen LogP contribution in [0, 0.1) is 0 Å². The molecule has 2 unspecified atom stereocenters. The van der Waals surface area contributed by atoms with Gasteiger partial charge in [0.2, 0.25) is 0 Å². The zero-order chi connectivity index (χ0) is 13.2. The minimum absolute atomic E-state index is 0.354. The van der Waals surface area contributed by atoms with Crippen LogP contribution in [0.4, 0.5) is 0 Å². The van der Waals surface area contributed by atoms with Crippen molar-refractivity contribution in [2.24, 2.45) is 0 Å². The zero-order valence-electron chi connectivity index (χ0n) is 10.3. The van der Waals surface area contributed by atoms with E-state index in [-0.39, 0.29) is 6.10 Å². The van der Waals surface area contributed by atoms with Gasteiger partial charge in [0, 0.05) is 10.0 Å². The average molecular weight is 331 g/mol. The molecule has 1 fully saturated rings. The van der Waals surface area contributed by atoms with Crippen molar-refractivity contribution >= 4 is 15.9 Å². The normalized spacial score (nSPS) is 24.0. The Bertz CT molecular complexity index is 459. The number of aliphatic hydroxyl groups is 1. The van der Waals surface area contributed by atoms with Gasteiger partial charge in [-0.2, -0.15) is 0 Å². The molecular formula is C13H15BrO5. The highest BCUT2D eigenvalue weighted by atomic mass is 79.9. The Labute approximate surface area is 119 Å². The van der Waals surface area contributed by atoms with Crippen molar-refractivity contribution in [3.63, 3.8) is 0 Å². The van der Waals surface area contributed by atoms with E-state index in [1.54, 1.807) is 6.07 Å². The van der Waals surface area contributed by atoms with Crippen molar-refractivity contribution in [3.8, 4) is 11.5 Å². The third-order valence-electron chi connectivity index (χ3n) is 3.17. The minimum atomic E-state index is -0.759. The maximum Gasteiger partial charge on any atom is 0.162 e. The van der Waals surface area contributed by atoms with Crippen LogP contribution in [0.5, 0.6) is 11.5 Å². The summed E-state index contributed by atoms with van der Waals surface area (Å²) in [6, 6.07) is 3.61. The Balaban J connectivity index is 1.86. The topological polar surface area (TPSA) is 57.2 Å². The van der Waals surface area contributed by atoms with Crippen LogP contribution in [0.25, 0.3) is 0 Å². The van der Waals surface area contributed by atoms with Gasteiger partial charge < -0.3 is 24.1 Å². The van der Waals surface area contributed by atoms with Gasteiger partial charge in [0.05, 0.1) is 19.8 Å². The standard InChI is InChI=1S/C13H15BrO5/c14-9-6-11-10(17-3-4-18-11)5-8(9)13(15)12-7-16-1-2-19-12/h5-6,12-13,15H,1-4,7H2. The fourth-order valence-electron chi connectivity index (χ4n) is 2.19. The van der Waals surface area contributed by atoms with Gasteiger partial charge in [0.25, 0.3) is 0 Å². The first-order valence-corrected chi connectivity index (χ1v) is 7.01.